The van der Waals surface area contributed by atoms with Crippen molar-refractivity contribution in [1.29, 1.82) is 0 Å². The molecule has 1 aliphatic rings. The highest BCUT2D eigenvalue weighted by Crippen LogP contribution is 2.40. The second kappa shape index (κ2) is 7.27. The fourth-order valence-electron chi connectivity index (χ4n) is 2.17. The van der Waals surface area contributed by atoms with E-state index in [-0.39, 0.29) is 12.9 Å². The lowest BCUT2D eigenvalue weighted by molar-refractivity contribution is -0.0797. The van der Waals surface area contributed by atoms with Crippen molar-refractivity contribution < 1.29 is 19.3 Å². The summed E-state index contributed by atoms with van der Waals surface area (Å²) >= 11 is 2.07. The number of para-hydroxylation sites is 1. The van der Waals surface area contributed by atoms with Crippen LogP contribution in [0.25, 0.3) is 0 Å². The van der Waals surface area contributed by atoms with E-state index in [1.807, 2.05) is 24.3 Å². The van der Waals surface area contributed by atoms with Crippen LogP contribution >= 0.6 is 22.6 Å². The van der Waals surface area contributed by atoms with Gasteiger partial charge >= 0.3 is 0 Å². The molecule has 3 atom stereocenters. The predicted octanol–water partition coefficient (Wildman–Crippen LogP) is 2.51. The minimum atomic E-state index is -1.25. The fraction of sp³-hybridized carbons (Fsp3) is 0.375. The molecule has 112 valence electrons. The van der Waals surface area contributed by atoms with Crippen molar-refractivity contribution in [2.24, 2.45) is 0 Å². The van der Waals surface area contributed by atoms with Crippen LogP contribution in [-0.4, -0.2) is 36.8 Å². The van der Waals surface area contributed by atoms with Gasteiger partial charge in [0.25, 0.3) is 0 Å². The standard InChI is InChI=1S/C16H17IO4/c1-3-15(21-12-7-5-4-6-8-12)16(18)10-13(9-14(16)17)20-11-19-2/h1,4-9,13,15,18H,10-11H2,2H3/t13-,15-,16-/m1/s1. The van der Waals surface area contributed by atoms with Crippen LogP contribution in [0.3, 0.4) is 0 Å². The zero-order valence-electron chi connectivity index (χ0n) is 11.7. The molecule has 0 bridgehead atoms. The number of halogens is 1. The lowest BCUT2D eigenvalue weighted by Gasteiger charge is -2.30. The Morgan fingerprint density at radius 1 is 1.48 bits per heavy atom. The molecule has 1 N–H and O–H groups in total. The summed E-state index contributed by atoms with van der Waals surface area (Å²) < 4.78 is 16.8. The van der Waals surface area contributed by atoms with Crippen LogP contribution in [0.5, 0.6) is 5.75 Å². The SMILES string of the molecule is C#C[C@@H](Oc1ccccc1)[C@@]1(O)C[C@H](OCOC)C=C1I. The quantitative estimate of drug-likeness (QED) is 0.453. The number of terminal acetylenes is 1. The summed E-state index contributed by atoms with van der Waals surface area (Å²) in [5, 5.41) is 10.9. The maximum Gasteiger partial charge on any atom is 0.192 e. The zero-order chi connectivity index (χ0) is 15.3. The van der Waals surface area contributed by atoms with E-state index in [9.17, 15) is 5.11 Å². The third-order valence-electron chi connectivity index (χ3n) is 3.24. The van der Waals surface area contributed by atoms with Gasteiger partial charge in [0, 0.05) is 17.1 Å². The molecule has 4 nitrogen and oxygen atoms in total. The number of benzene rings is 1. The van der Waals surface area contributed by atoms with Crippen molar-refractivity contribution in [3.8, 4) is 18.1 Å². The summed E-state index contributed by atoms with van der Waals surface area (Å²) in [6, 6.07) is 9.20. The molecule has 0 unspecified atom stereocenters. The Kier molecular flexibility index (Phi) is 5.65. The maximum atomic E-state index is 10.9. The summed E-state index contributed by atoms with van der Waals surface area (Å²) in [6.07, 6.45) is 6.73. The molecule has 0 saturated heterocycles. The monoisotopic (exact) mass is 400 g/mol. The molecule has 0 heterocycles. The summed E-state index contributed by atoms with van der Waals surface area (Å²) in [4.78, 5) is 0. The van der Waals surface area contributed by atoms with Gasteiger partial charge in [0.1, 0.15) is 18.1 Å². The highest BCUT2D eigenvalue weighted by atomic mass is 127. The molecule has 1 aromatic rings. The number of rotatable bonds is 6. The maximum absolute atomic E-state index is 10.9. The fourth-order valence-corrected chi connectivity index (χ4v) is 3.07. The average molecular weight is 400 g/mol. The third-order valence-corrected chi connectivity index (χ3v) is 4.53. The summed E-state index contributed by atoms with van der Waals surface area (Å²) in [7, 11) is 1.55. The van der Waals surface area contributed by atoms with Gasteiger partial charge in [0.05, 0.1) is 6.10 Å². The van der Waals surface area contributed by atoms with Crippen molar-refractivity contribution in [1.82, 2.24) is 0 Å². The van der Waals surface area contributed by atoms with Gasteiger partial charge in [0.2, 0.25) is 0 Å². The number of ether oxygens (including phenoxy) is 3. The van der Waals surface area contributed by atoms with E-state index in [0.717, 1.165) is 3.58 Å². The molecule has 0 radical (unpaired) electrons. The average Bonchev–Trinajstić information content (AvgIpc) is 2.79. The predicted molar refractivity (Wildman–Crippen MR) is 88.1 cm³/mol. The van der Waals surface area contributed by atoms with Crippen LogP contribution in [0.4, 0.5) is 0 Å². The van der Waals surface area contributed by atoms with E-state index in [1.165, 1.54) is 0 Å². The van der Waals surface area contributed by atoms with Crippen LogP contribution in [-0.2, 0) is 9.47 Å². The molecular weight excluding hydrogens is 383 g/mol. The Bertz CT molecular complexity index is 537. The molecule has 1 aromatic carbocycles. The molecule has 0 amide bonds. The summed E-state index contributed by atoms with van der Waals surface area (Å²) in [5.41, 5.74) is -1.25. The second-order valence-corrected chi connectivity index (χ2v) is 5.89. The number of hydrogen-bond donors (Lipinski definition) is 1. The molecular formula is C16H17IO4. The van der Waals surface area contributed by atoms with Gasteiger partial charge in [-0.2, -0.15) is 0 Å². The van der Waals surface area contributed by atoms with Crippen molar-refractivity contribution in [3.05, 3.63) is 40.0 Å². The molecule has 5 heteroatoms. The minimum Gasteiger partial charge on any atom is -0.474 e. The van der Waals surface area contributed by atoms with Gasteiger partial charge in [-0.3, -0.25) is 0 Å². The first-order chi connectivity index (χ1) is 10.1. The largest absolute Gasteiger partial charge is 0.474 e. The summed E-state index contributed by atoms with van der Waals surface area (Å²) in [6.45, 7) is 0.168. The van der Waals surface area contributed by atoms with Crippen molar-refractivity contribution >= 4 is 22.6 Å². The van der Waals surface area contributed by atoms with Crippen LogP contribution in [0.15, 0.2) is 40.0 Å². The first-order valence-corrected chi connectivity index (χ1v) is 7.56. The molecule has 0 saturated carbocycles. The van der Waals surface area contributed by atoms with Gasteiger partial charge in [-0.05, 0) is 40.8 Å². The van der Waals surface area contributed by atoms with Crippen LogP contribution < -0.4 is 4.74 Å². The van der Waals surface area contributed by atoms with Crippen LogP contribution in [0.1, 0.15) is 6.42 Å². The lowest BCUT2D eigenvalue weighted by atomic mass is 9.96. The molecule has 1 aliphatic carbocycles. The second-order valence-electron chi connectivity index (χ2n) is 4.73. The molecule has 0 spiro atoms. The Morgan fingerprint density at radius 3 is 2.81 bits per heavy atom. The first kappa shape index (κ1) is 16.3. The van der Waals surface area contributed by atoms with Gasteiger partial charge in [0.15, 0.2) is 6.10 Å². The number of methoxy groups -OCH3 is 1. The number of aliphatic hydroxyl groups is 1. The van der Waals surface area contributed by atoms with Gasteiger partial charge < -0.3 is 19.3 Å². The molecule has 2 rings (SSSR count). The van der Waals surface area contributed by atoms with E-state index in [0.29, 0.717) is 12.2 Å². The Morgan fingerprint density at radius 2 is 2.19 bits per heavy atom. The van der Waals surface area contributed by atoms with E-state index >= 15 is 0 Å². The molecule has 21 heavy (non-hydrogen) atoms. The van der Waals surface area contributed by atoms with E-state index in [1.54, 1.807) is 19.2 Å². The smallest absolute Gasteiger partial charge is 0.192 e. The summed E-state index contributed by atoms with van der Waals surface area (Å²) in [5.74, 6) is 3.16. The first-order valence-electron chi connectivity index (χ1n) is 6.48. The molecule has 0 aromatic heterocycles. The minimum absolute atomic E-state index is 0.168. The number of hydrogen-bond acceptors (Lipinski definition) is 4. The van der Waals surface area contributed by atoms with E-state index in [4.69, 9.17) is 20.6 Å². The third kappa shape index (κ3) is 3.77. The van der Waals surface area contributed by atoms with Crippen molar-refractivity contribution in [3.63, 3.8) is 0 Å². The van der Waals surface area contributed by atoms with Gasteiger partial charge in [-0.15, -0.1) is 6.42 Å². The van der Waals surface area contributed by atoms with Gasteiger partial charge in [-0.1, -0.05) is 24.1 Å². The highest BCUT2D eigenvalue weighted by Gasteiger charge is 2.46. The van der Waals surface area contributed by atoms with Crippen molar-refractivity contribution in [2.75, 3.05) is 13.9 Å². The van der Waals surface area contributed by atoms with Crippen LogP contribution in [0.2, 0.25) is 0 Å². The highest BCUT2D eigenvalue weighted by molar-refractivity contribution is 14.1. The normalized spacial score (nSPS) is 26.0. The lowest BCUT2D eigenvalue weighted by Crippen LogP contribution is -2.44. The van der Waals surface area contributed by atoms with Crippen LogP contribution in [0, 0.1) is 12.3 Å². The Labute approximate surface area is 138 Å². The van der Waals surface area contributed by atoms with E-state index < -0.39 is 11.7 Å². The Balaban J connectivity index is 2.11. The zero-order valence-corrected chi connectivity index (χ0v) is 13.8. The van der Waals surface area contributed by atoms with Crippen molar-refractivity contribution in [2.45, 2.75) is 24.2 Å². The van der Waals surface area contributed by atoms with E-state index in [2.05, 4.69) is 28.5 Å². The topological polar surface area (TPSA) is 47.9 Å². The Hall–Kier alpha value is -1.07. The molecule has 0 aliphatic heterocycles. The molecule has 0 fully saturated rings. The van der Waals surface area contributed by atoms with Gasteiger partial charge in [-0.25, -0.2) is 0 Å².